The van der Waals surface area contributed by atoms with E-state index in [-0.39, 0.29) is 0 Å². The van der Waals surface area contributed by atoms with Gasteiger partial charge in [0.1, 0.15) is 17.2 Å². The summed E-state index contributed by atoms with van der Waals surface area (Å²) in [6.45, 7) is 9.00. The molecule has 1 rings (SSSR count). The highest BCUT2D eigenvalue weighted by Crippen LogP contribution is 2.28. The van der Waals surface area contributed by atoms with E-state index in [0.29, 0.717) is 0 Å². The Bertz CT molecular complexity index is 455. The van der Waals surface area contributed by atoms with Gasteiger partial charge in [0, 0.05) is 12.1 Å². The van der Waals surface area contributed by atoms with Crippen LogP contribution in [0.1, 0.15) is 136 Å². The van der Waals surface area contributed by atoms with Gasteiger partial charge in [0.05, 0.1) is 25.9 Å². The summed E-state index contributed by atoms with van der Waals surface area (Å²) in [4.78, 5) is 0. The first-order valence-corrected chi connectivity index (χ1v) is 14.3. The number of rotatable bonds is 24. The zero-order valence-corrected chi connectivity index (χ0v) is 22.2. The third kappa shape index (κ3) is 17.7. The number of unbranched alkanes of at least 4 members (excludes halogenated alkanes) is 15. The van der Waals surface area contributed by atoms with Crippen LogP contribution in [-0.4, -0.2) is 19.8 Å². The third-order valence-electron chi connectivity index (χ3n) is 6.07. The zero-order chi connectivity index (χ0) is 23.8. The molecule has 1 radical (unpaired) electrons. The van der Waals surface area contributed by atoms with Crippen molar-refractivity contribution in [2.24, 2.45) is 0 Å². The van der Waals surface area contributed by atoms with Crippen molar-refractivity contribution in [2.75, 3.05) is 19.8 Å². The first-order chi connectivity index (χ1) is 16.3. The summed E-state index contributed by atoms with van der Waals surface area (Å²) in [6.07, 6.45) is 22.8. The Hall–Kier alpha value is -1.38. The monoisotopic (exact) mass is 461 g/mol. The van der Waals surface area contributed by atoms with Gasteiger partial charge in [-0.2, -0.15) is 0 Å². The molecule has 0 amide bonds. The second-order valence-electron chi connectivity index (χ2n) is 9.39. The SMILES string of the molecule is CCCCCCCCOc1[c]c(OCCCCCCCC)cc(OCCCCCCCC)c1. The molecule has 0 saturated carbocycles. The maximum Gasteiger partial charge on any atom is 0.134 e. The van der Waals surface area contributed by atoms with Crippen LogP contribution < -0.4 is 14.2 Å². The summed E-state index contributed by atoms with van der Waals surface area (Å²) in [6, 6.07) is 7.26. The lowest BCUT2D eigenvalue weighted by molar-refractivity contribution is 0.275. The standard InChI is InChI=1S/C30H53O3/c1-4-7-10-13-16-19-22-31-28-25-29(32-23-20-17-14-11-8-5-2)27-30(26-28)33-24-21-18-15-12-9-6-3/h25-26H,4-24H2,1-3H3. The molecule has 0 aliphatic rings. The molecule has 3 nitrogen and oxygen atoms in total. The van der Waals surface area contributed by atoms with Crippen LogP contribution in [0.4, 0.5) is 0 Å². The van der Waals surface area contributed by atoms with Gasteiger partial charge in [0.2, 0.25) is 0 Å². The van der Waals surface area contributed by atoms with Crippen LogP contribution in [0.3, 0.4) is 0 Å². The predicted octanol–water partition coefficient (Wildman–Crippen LogP) is 9.70. The quantitative estimate of drug-likeness (QED) is 0.143. The van der Waals surface area contributed by atoms with E-state index in [4.69, 9.17) is 14.2 Å². The maximum atomic E-state index is 6.06. The van der Waals surface area contributed by atoms with Crippen LogP contribution in [0.25, 0.3) is 0 Å². The zero-order valence-electron chi connectivity index (χ0n) is 22.2. The van der Waals surface area contributed by atoms with Crippen LogP contribution in [0.15, 0.2) is 12.1 Å². The molecule has 0 spiro atoms. The van der Waals surface area contributed by atoms with Crippen LogP contribution in [0, 0.1) is 6.07 Å². The lowest BCUT2D eigenvalue weighted by atomic mass is 10.1. The van der Waals surface area contributed by atoms with Crippen molar-refractivity contribution >= 4 is 0 Å². The highest BCUT2D eigenvalue weighted by atomic mass is 16.5. The minimum Gasteiger partial charge on any atom is -0.493 e. The molecule has 1 aromatic carbocycles. The molecule has 3 heteroatoms. The van der Waals surface area contributed by atoms with E-state index in [9.17, 15) is 0 Å². The smallest absolute Gasteiger partial charge is 0.134 e. The van der Waals surface area contributed by atoms with Crippen molar-refractivity contribution in [3.05, 3.63) is 18.2 Å². The summed E-state index contributed by atoms with van der Waals surface area (Å²) in [5, 5.41) is 0. The average molecular weight is 462 g/mol. The van der Waals surface area contributed by atoms with Gasteiger partial charge in [0.25, 0.3) is 0 Å². The highest BCUT2D eigenvalue weighted by Gasteiger charge is 2.06. The molecule has 0 aromatic heterocycles. The summed E-state index contributed by atoms with van der Waals surface area (Å²) in [5.41, 5.74) is 0. The van der Waals surface area contributed by atoms with Gasteiger partial charge in [-0.15, -0.1) is 0 Å². The van der Waals surface area contributed by atoms with E-state index in [1.54, 1.807) is 0 Å². The number of ether oxygens (including phenoxy) is 3. The Kier molecular flexibility index (Phi) is 20.1. The minimum absolute atomic E-state index is 0.736. The van der Waals surface area contributed by atoms with Gasteiger partial charge in [0.15, 0.2) is 0 Å². The molecule has 0 heterocycles. The first-order valence-electron chi connectivity index (χ1n) is 14.3. The molecule has 0 unspecified atom stereocenters. The van der Waals surface area contributed by atoms with Crippen molar-refractivity contribution in [1.82, 2.24) is 0 Å². The van der Waals surface area contributed by atoms with E-state index in [1.165, 1.54) is 96.3 Å². The fourth-order valence-electron chi connectivity index (χ4n) is 3.93. The Labute approximate surface area is 206 Å². The normalized spacial score (nSPS) is 11.0. The van der Waals surface area contributed by atoms with Crippen molar-refractivity contribution < 1.29 is 14.2 Å². The largest absolute Gasteiger partial charge is 0.493 e. The fourth-order valence-corrected chi connectivity index (χ4v) is 3.93. The van der Waals surface area contributed by atoms with Gasteiger partial charge in [-0.25, -0.2) is 0 Å². The summed E-state index contributed by atoms with van der Waals surface area (Å²) in [5.74, 6) is 2.35. The molecule has 0 saturated heterocycles. The Morgan fingerprint density at radius 2 is 0.788 bits per heavy atom. The molecule has 0 N–H and O–H groups in total. The molecule has 0 aliphatic carbocycles. The molecular weight excluding hydrogens is 408 g/mol. The second-order valence-corrected chi connectivity index (χ2v) is 9.39. The molecule has 0 bridgehead atoms. The summed E-state index contributed by atoms with van der Waals surface area (Å²) < 4.78 is 18.1. The maximum absolute atomic E-state index is 6.06. The summed E-state index contributed by atoms with van der Waals surface area (Å²) >= 11 is 0. The van der Waals surface area contributed by atoms with E-state index < -0.39 is 0 Å². The van der Waals surface area contributed by atoms with Gasteiger partial charge >= 0.3 is 0 Å². The van der Waals surface area contributed by atoms with Gasteiger partial charge in [-0.05, 0) is 19.3 Å². The topological polar surface area (TPSA) is 27.7 Å². The van der Waals surface area contributed by atoms with Gasteiger partial charge in [-0.1, -0.05) is 117 Å². The molecule has 1 aromatic rings. The average Bonchev–Trinajstić information content (AvgIpc) is 2.82. The van der Waals surface area contributed by atoms with Crippen LogP contribution in [0.2, 0.25) is 0 Å². The lowest BCUT2D eigenvalue weighted by Crippen LogP contribution is -2.03. The fraction of sp³-hybridized carbons (Fsp3) is 0.800. The number of hydrogen-bond acceptors (Lipinski definition) is 3. The van der Waals surface area contributed by atoms with Crippen LogP contribution in [0.5, 0.6) is 17.2 Å². The first kappa shape index (κ1) is 29.7. The predicted molar refractivity (Wildman–Crippen MR) is 142 cm³/mol. The van der Waals surface area contributed by atoms with E-state index >= 15 is 0 Å². The lowest BCUT2D eigenvalue weighted by Gasteiger charge is -2.13. The second kappa shape index (κ2) is 22.4. The number of hydrogen-bond donors (Lipinski definition) is 0. The molecule has 0 aliphatic heterocycles. The van der Waals surface area contributed by atoms with Gasteiger partial charge < -0.3 is 14.2 Å². The van der Waals surface area contributed by atoms with Crippen molar-refractivity contribution in [3.63, 3.8) is 0 Å². The Morgan fingerprint density at radius 1 is 0.455 bits per heavy atom. The van der Waals surface area contributed by atoms with Crippen molar-refractivity contribution in [3.8, 4) is 17.2 Å². The van der Waals surface area contributed by atoms with E-state index in [1.807, 2.05) is 12.1 Å². The molecule has 191 valence electrons. The summed E-state index contributed by atoms with van der Waals surface area (Å²) in [7, 11) is 0. The van der Waals surface area contributed by atoms with E-state index in [2.05, 4.69) is 26.8 Å². The van der Waals surface area contributed by atoms with Crippen molar-refractivity contribution in [2.45, 2.75) is 136 Å². The Balaban J connectivity index is 2.44. The van der Waals surface area contributed by atoms with Crippen LogP contribution >= 0.6 is 0 Å². The highest BCUT2D eigenvalue weighted by molar-refractivity contribution is 5.40. The Morgan fingerprint density at radius 3 is 1.18 bits per heavy atom. The minimum atomic E-state index is 0.736. The number of benzene rings is 1. The molecule has 33 heavy (non-hydrogen) atoms. The van der Waals surface area contributed by atoms with Crippen LogP contribution in [-0.2, 0) is 0 Å². The van der Waals surface area contributed by atoms with E-state index in [0.717, 1.165) is 56.3 Å². The molecular formula is C30H53O3. The van der Waals surface area contributed by atoms with Gasteiger partial charge in [-0.3, -0.25) is 0 Å². The third-order valence-corrected chi connectivity index (χ3v) is 6.07. The molecule has 0 fully saturated rings. The van der Waals surface area contributed by atoms with Crippen molar-refractivity contribution in [1.29, 1.82) is 0 Å². The molecule has 0 atom stereocenters.